The molecule has 0 aliphatic heterocycles. The highest BCUT2D eigenvalue weighted by Gasteiger charge is 2.30. The second kappa shape index (κ2) is 3.25. The minimum absolute atomic E-state index is 0.554. The van der Waals surface area contributed by atoms with Crippen LogP contribution in [0.4, 0.5) is 18.0 Å². The SMILES string of the molecule is O=C([N]CO)NC(F)(F)F. The topological polar surface area (TPSA) is 63.4 Å². The maximum absolute atomic E-state index is 11.2. The van der Waals surface area contributed by atoms with Gasteiger partial charge in [-0.1, -0.05) is 0 Å². The zero-order valence-electron chi connectivity index (χ0n) is 4.64. The summed E-state index contributed by atoms with van der Waals surface area (Å²) in [5.41, 5.74) is 0. The number of aliphatic hydroxyl groups excluding tert-OH is 1. The third kappa shape index (κ3) is 5.16. The van der Waals surface area contributed by atoms with E-state index in [1.54, 1.807) is 0 Å². The predicted molar refractivity (Wildman–Crippen MR) is 23.8 cm³/mol. The molecule has 0 atom stereocenters. The molecule has 10 heavy (non-hydrogen) atoms. The van der Waals surface area contributed by atoms with Crippen molar-refractivity contribution in [2.24, 2.45) is 0 Å². The summed E-state index contributed by atoms with van der Waals surface area (Å²) >= 11 is 0. The number of carbonyl (C=O) groups is 1. The van der Waals surface area contributed by atoms with Gasteiger partial charge in [-0.15, -0.1) is 0 Å². The van der Waals surface area contributed by atoms with Crippen LogP contribution < -0.4 is 10.6 Å². The molecule has 0 aliphatic rings. The molecule has 0 bridgehead atoms. The molecule has 0 aromatic rings. The van der Waals surface area contributed by atoms with E-state index < -0.39 is 19.1 Å². The Labute approximate surface area is 54.0 Å². The molecule has 0 rings (SSSR count). The lowest BCUT2D eigenvalue weighted by Crippen LogP contribution is -2.41. The summed E-state index contributed by atoms with van der Waals surface area (Å²) < 4.78 is 33.5. The van der Waals surface area contributed by atoms with Crippen molar-refractivity contribution in [1.82, 2.24) is 10.6 Å². The number of carbonyl (C=O) groups excluding carboxylic acids is 1. The number of nitrogens with one attached hydrogen (secondary N) is 1. The van der Waals surface area contributed by atoms with E-state index in [-0.39, 0.29) is 0 Å². The van der Waals surface area contributed by atoms with Crippen LogP contribution in [0, 0.1) is 0 Å². The molecule has 0 aromatic carbocycles. The van der Waals surface area contributed by atoms with Crippen LogP contribution in [0.25, 0.3) is 0 Å². The molecule has 0 unspecified atom stereocenters. The van der Waals surface area contributed by atoms with Gasteiger partial charge in [-0.2, -0.15) is 13.2 Å². The summed E-state index contributed by atoms with van der Waals surface area (Å²) in [4.78, 5) is 9.90. The molecule has 0 spiro atoms. The van der Waals surface area contributed by atoms with Gasteiger partial charge in [-0.3, -0.25) is 0 Å². The van der Waals surface area contributed by atoms with Crippen molar-refractivity contribution in [3.05, 3.63) is 0 Å². The fourth-order valence-electron chi connectivity index (χ4n) is 0.225. The van der Waals surface area contributed by atoms with Gasteiger partial charge in [0.05, 0.1) is 0 Å². The molecule has 59 valence electrons. The van der Waals surface area contributed by atoms with Crippen molar-refractivity contribution < 1.29 is 23.1 Å². The van der Waals surface area contributed by atoms with Crippen LogP contribution in [0.3, 0.4) is 0 Å². The van der Waals surface area contributed by atoms with Crippen molar-refractivity contribution in [2.45, 2.75) is 6.30 Å². The lowest BCUT2D eigenvalue weighted by Gasteiger charge is -2.05. The van der Waals surface area contributed by atoms with Crippen LogP contribution in [-0.4, -0.2) is 24.2 Å². The van der Waals surface area contributed by atoms with Crippen LogP contribution in [0.15, 0.2) is 0 Å². The van der Waals surface area contributed by atoms with Crippen LogP contribution in [0.5, 0.6) is 0 Å². The Balaban J connectivity index is 3.58. The molecule has 2 N–H and O–H groups in total. The quantitative estimate of drug-likeness (QED) is 0.516. The highest BCUT2D eigenvalue weighted by molar-refractivity contribution is 5.73. The van der Waals surface area contributed by atoms with Gasteiger partial charge in [0.1, 0.15) is 6.73 Å². The smallest absolute Gasteiger partial charge is 0.374 e. The lowest BCUT2D eigenvalue weighted by molar-refractivity contribution is -0.145. The fourth-order valence-corrected chi connectivity index (χ4v) is 0.225. The van der Waals surface area contributed by atoms with Gasteiger partial charge >= 0.3 is 12.3 Å². The Bertz CT molecular complexity index is 123. The van der Waals surface area contributed by atoms with Crippen molar-refractivity contribution >= 4 is 6.03 Å². The second-order valence-corrected chi connectivity index (χ2v) is 1.23. The van der Waals surface area contributed by atoms with E-state index in [9.17, 15) is 18.0 Å². The Hall–Kier alpha value is -0.980. The van der Waals surface area contributed by atoms with E-state index >= 15 is 0 Å². The number of amides is 2. The summed E-state index contributed by atoms with van der Waals surface area (Å²) in [6.07, 6.45) is -4.78. The first kappa shape index (κ1) is 9.02. The van der Waals surface area contributed by atoms with Crippen molar-refractivity contribution in [3.63, 3.8) is 0 Å². The predicted octanol–water partition coefficient (Wildman–Crippen LogP) is -0.230. The number of rotatable bonds is 1. The molecule has 0 saturated carbocycles. The average Bonchev–Trinajstić information content (AvgIpc) is 1.59. The zero-order chi connectivity index (χ0) is 8.20. The molecule has 0 heterocycles. The molecule has 2 amide bonds. The molecule has 0 aromatic heterocycles. The van der Waals surface area contributed by atoms with Crippen LogP contribution in [0.2, 0.25) is 0 Å². The van der Waals surface area contributed by atoms with Crippen LogP contribution in [-0.2, 0) is 0 Å². The maximum atomic E-state index is 11.2. The lowest BCUT2D eigenvalue weighted by atomic mass is 10.9. The highest BCUT2D eigenvalue weighted by atomic mass is 19.4. The van der Waals surface area contributed by atoms with Gasteiger partial charge in [0, 0.05) is 0 Å². The molecule has 0 aliphatic carbocycles. The molecule has 1 radical (unpaired) electrons. The Kier molecular flexibility index (Phi) is 2.94. The standard InChI is InChI=1S/C3H4F3N2O2/c4-3(5,6)8-2(10)7-1-9/h9H,1H2,(H,8,10). The van der Waals surface area contributed by atoms with E-state index in [1.165, 1.54) is 0 Å². The van der Waals surface area contributed by atoms with E-state index in [2.05, 4.69) is 5.32 Å². The van der Waals surface area contributed by atoms with Gasteiger partial charge in [0.2, 0.25) is 0 Å². The van der Waals surface area contributed by atoms with Gasteiger partial charge in [-0.05, 0) is 0 Å². The number of halogens is 3. The monoisotopic (exact) mass is 157 g/mol. The number of nitrogens with zero attached hydrogens (tertiary/aromatic N) is 1. The number of alkyl halides is 3. The largest absolute Gasteiger partial charge is 0.486 e. The molecule has 0 fully saturated rings. The van der Waals surface area contributed by atoms with Crippen LogP contribution >= 0.6 is 0 Å². The number of hydrogen-bond acceptors (Lipinski definition) is 2. The van der Waals surface area contributed by atoms with E-state index in [0.717, 1.165) is 0 Å². The first-order valence-electron chi connectivity index (χ1n) is 2.13. The third-order valence-electron chi connectivity index (χ3n) is 0.463. The van der Waals surface area contributed by atoms with Crippen LogP contribution in [0.1, 0.15) is 0 Å². The number of aliphatic hydroxyl groups is 1. The summed E-state index contributed by atoms with van der Waals surface area (Å²) in [6.45, 7) is -0.956. The third-order valence-corrected chi connectivity index (χ3v) is 0.463. The average molecular weight is 157 g/mol. The zero-order valence-corrected chi connectivity index (χ0v) is 4.64. The van der Waals surface area contributed by atoms with Crippen molar-refractivity contribution in [2.75, 3.05) is 6.73 Å². The molecular weight excluding hydrogens is 153 g/mol. The Morgan fingerprint density at radius 2 is 2.10 bits per heavy atom. The summed E-state index contributed by atoms with van der Waals surface area (Å²) in [5.74, 6) is 0. The van der Waals surface area contributed by atoms with E-state index in [0.29, 0.717) is 5.32 Å². The molecule has 4 nitrogen and oxygen atoms in total. The van der Waals surface area contributed by atoms with Crippen molar-refractivity contribution in [3.8, 4) is 0 Å². The van der Waals surface area contributed by atoms with E-state index in [4.69, 9.17) is 5.11 Å². The summed E-state index contributed by atoms with van der Waals surface area (Å²) in [5, 5.41) is 10.9. The maximum Gasteiger partial charge on any atom is 0.486 e. The summed E-state index contributed by atoms with van der Waals surface area (Å²) in [6, 6.07) is -1.60. The van der Waals surface area contributed by atoms with Gasteiger partial charge in [-0.25, -0.2) is 15.4 Å². The fraction of sp³-hybridized carbons (Fsp3) is 0.667. The minimum Gasteiger partial charge on any atom is -0.374 e. The first-order valence-corrected chi connectivity index (χ1v) is 2.13. The Morgan fingerprint density at radius 3 is 2.40 bits per heavy atom. The molecule has 0 saturated heterocycles. The number of urea groups is 1. The normalized spacial score (nSPS) is 10.8. The second-order valence-electron chi connectivity index (χ2n) is 1.23. The minimum atomic E-state index is -4.78. The molecular formula is C3H4F3N2O2. The van der Waals surface area contributed by atoms with Gasteiger partial charge in [0.25, 0.3) is 0 Å². The first-order chi connectivity index (χ1) is 4.45. The van der Waals surface area contributed by atoms with E-state index in [1.807, 2.05) is 0 Å². The Morgan fingerprint density at radius 1 is 1.60 bits per heavy atom. The molecule has 7 heteroatoms. The number of hydrogen-bond donors (Lipinski definition) is 2. The highest BCUT2D eigenvalue weighted by Crippen LogP contribution is 2.08. The summed E-state index contributed by atoms with van der Waals surface area (Å²) in [7, 11) is 0. The van der Waals surface area contributed by atoms with Crippen molar-refractivity contribution in [1.29, 1.82) is 0 Å². The van der Waals surface area contributed by atoms with Gasteiger partial charge in [0.15, 0.2) is 0 Å². The van der Waals surface area contributed by atoms with Gasteiger partial charge < -0.3 is 5.11 Å².